The van der Waals surface area contributed by atoms with Crippen LogP contribution >= 0.6 is 19.4 Å². The summed E-state index contributed by atoms with van der Waals surface area (Å²) in [4.78, 5) is 24.5. The number of benzene rings is 1. The van der Waals surface area contributed by atoms with Gasteiger partial charge in [0.1, 0.15) is 18.2 Å². The number of anilines is 1. The van der Waals surface area contributed by atoms with Gasteiger partial charge in [0.25, 0.3) is 0 Å². The van der Waals surface area contributed by atoms with E-state index in [9.17, 15) is 9.46 Å². The molecule has 0 amide bonds. The molecule has 2 heterocycles. The van der Waals surface area contributed by atoms with Gasteiger partial charge in [-0.25, -0.2) is 15.0 Å². The van der Waals surface area contributed by atoms with Crippen LogP contribution in [-0.2, 0) is 26.8 Å². The Morgan fingerprint density at radius 3 is 2.32 bits per heavy atom. The van der Waals surface area contributed by atoms with Gasteiger partial charge in [-0.15, -0.1) is 0 Å². The molecule has 0 radical (unpaired) electrons. The van der Waals surface area contributed by atoms with Gasteiger partial charge in [-0.1, -0.05) is 81.7 Å². The van der Waals surface area contributed by atoms with Gasteiger partial charge in [0.05, 0.1) is 25.6 Å². The highest BCUT2D eigenvalue weighted by molar-refractivity contribution is 7.99. The van der Waals surface area contributed by atoms with Gasteiger partial charge in [-0.05, 0) is 49.7 Å². The molecule has 11 heteroatoms. The number of unbranched alkanes of at least 4 members (excludes halogenated alkanes) is 9. The molecule has 0 aliphatic heterocycles. The number of thioether (sulfide) groups is 1. The third kappa shape index (κ3) is 13.7. The van der Waals surface area contributed by atoms with Gasteiger partial charge in [0.15, 0.2) is 19.1 Å². The van der Waals surface area contributed by atoms with Gasteiger partial charge in [-0.2, -0.15) is 11.8 Å². The van der Waals surface area contributed by atoms with E-state index >= 15 is 0 Å². The Labute approximate surface area is 249 Å². The van der Waals surface area contributed by atoms with Crippen LogP contribution in [-0.4, -0.2) is 50.1 Å². The van der Waals surface area contributed by atoms with Crippen LogP contribution in [0.5, 0.6) is 0 Å². The van der Waals surface area contributed by atoms with Crippen molar-refractivity contribution >= 4 is 36.3 Å². The van der Waals surface area contributed by atoms with E-state index in [0.717, 1.165) is 11.5 Å². The first-order valence-corrected chi connectivity index (χ1v) is 17.9. The van der Waals surface area contributed by atoms with Gasteiger partial charge in [-0.3, -0.25) is 0 Å². The van der Waals surface area contributed by atoms with E-state index in [2.05, 4.69) is 45.3 Å². The number of hydrogen-bond donors (Lipinski definition) is 1. The van der Waals surface area contributed by atoms with E-state index in [4.69, 9.17) is 15.0 Å². The summed E-state index contributed by atoms with van der Waals surface area (Å²) < 4.78 is 24.6. The summed E-state index contributed by atoms with van der Waals surface area (Å²) in [7, 11) is -4.05. The van der Waals surface area contributed by atoms with Crippen LogP contribution in [0.3, 0.4) is 0 Å². The second-order valence-electron chi connectivity index (χ2n) is 10.6. The van der Waals surface area contributed by atoms with Gasteiger partial charge >= 0.3 is 0 Å². The molecule has 0 fully saturated rings. The molecular formula is C30H47N5O4PS-. The highest BCUT2D eigenvalue weighted by Crippen LogP contribution is 2.37. The first-order chi connectivity index (χ1) is 19.9. The maximum atomic E-state index is 12.2. The Morgan fingerprint density at radius 1 is 0.927 bits per heavy atom. The number of nitrogens with zero attached hydrogens (tertiary/aromatic N) is 4. The number of aryl methyl sites for hydroxylation is 1. The summed E-state index contributed by atoms with van der Waals surface area (Å²) in [6.45, 7) is 2.38. The minimum Gasteiger partial charge on any atom is -0.777 e. The molecule has 1 aromatic carbocycles. The van der Waals surface area contributed by atoms with Crippen molar-refractivity contribution in [1.29, 1.82) is 0 Å². The summed E-state index contributed by atoms with van der Waals surface area (Å²) >= 11 is 1.87. The number of nitrogens with two attached hydrogens (primary N) is 1. The second kappa shape index (κ2) is 19.3. The Hall–Kier alpha value is -1.97. The van der Waals surface area contributed by atoms with Crippen molar-refractivity contribution in [3.8, 4) is 0 Å². The van der Waals surface area contributed by atoms with Gasteiger partial charge < -0.3 is 29.0 Å². The van der Waals surface area contributed by atoms with E-state index in [1.54, 1.807) is 17.8 Å². The van der Waals surface area contributed by atoms with Crippen LogP contribution in [0.25, 0.3) is 11.2 Å². The molecule has 0 saturated carbocycles. The Morgan fingerprint density at radius 2 is 1.59 bits per heavy atom. The van der Waals surface area contributed by atoms with Crippen molar-refractivity contribution in [2.45, 2.75) is 96.6 Å². The van der Waals surface area contributed by atoms with E-state index in [1.807, 2.05) is 11.8 Å². The predicted molar refractivity (Wildman–Crippen MR) is 167 cm³/mol. The highest BCUT2D eigenvalue weighted by atomic mass is 32.2. The molecule has 2 N–H and O–H groups in total. The maximum absolute atomic E-state index is 12.2. The molecule has 9 nitrogen and oxygen atoms in total. The predicted octanol–water partition coefficient (Wildman–Crippen LogP) is 6.61. The Balaban J connectivity index is 1.08. The zero-order valence-electron chi connectivity index (χ0n) is 24.5. The largest absolute Gasteiger partial charge is 0.777 e. The van der Waals surface area contributed by atoms with Crippen LogP contribution in [0.15, 0.2) is 43.0 Å². The highest BCUT2D eigenvalue weighted by Gasteiger charge is 2.14. The summed E-state index contributed by atoms with van der Waals surface area (Å²) in [6, 6.07) is 10.8. The van der Waals surface area contributed by atoms with Gasteiger partial charge in [0, 0.05) is 0 Å². The summed E-state index contributed by atoms with van der Waals surface area (Å²) in [5, 5.41) is 0. The number of hydrogen-bond acceptors (Lipinski definition) is 9. The zero-order valence-corrected chi connectivity index (χ0v) is 26.2. The lowest BCUT2D eigenvalue weighted by Crippen LogP contribution is -2.20. The van der Waals surface area contributed by atoms with Crippen LogP contribution in [0.4, 0.5) is 5.82 Å². The van der Waals surface area contributed by atoms with E-state index in [1.165, 1.54) is 82.5 Å². The molecule has 0 aliphatic carbocycles. The Bertz CT molecular complexity index is 1170. The summed E-state index contributed by atoms with van der Waals surface area (Å²) in [5.74, 6) is 2.33. The normalized spacial score (nSPS) is 13.9. The number of nitrogen functional groups attached to an aromatic ring is 1. The fraction of sp³-hybridized carbons (Fsp3) is 0.633. The summed E-state index contributed by atoms with van der Waals surface area (Å²) in [6.07, 6.45) is 17.3. The minimum atomic E-state index is -4.05. The molecule has 2 atom stereocenters. The molecule has 0 aliphatic rings. The standard InChI is InChI=1S/C30H48N5O4PS/c1-26(22-35-24-34-28-29(31)32-23-33-30(28)35)38-25-40(36,37)39-19-15-21-41-20-14-9-7-5-3-2-4-6-8-11-16-27-17-12-10-13-18-27/h10,12-13,17-18,23-24,26H,2-9,11,14-16,19-22,25H2,1H3,(H,36,37)(H2,31,32,33)/p-1/t26-/m1/s1. The van der Waals surface area contributed by atoms with Crippen molar-refractivity contribution in [3.05, 3.63) is 48.5 Å². The second-order valence-corrected chi connectivity index (χ2v) is 13.6. The number of rotatable bonds is 23. The average Bonchev–Trinajstić information content (AvgIpc) is 3.38. The topological polar surface area (TPSA) is 128 Å². The molecule has 2 aromatic heterocycles. The lowest BCUT2D eigenvalue weighted by Gasteiger charge is -2.25. The molecule has 0 spiro atoms. The van der Waals surface area contributed by atoms with Crippen molar-refractivity contribution in [3.63, 3.8) is 0 Å². The smallest absolute Gasteiger partial charge is 0.165 e. The SMILES string of the molecule is C[C@H](Cn1cnc2c(N)ncnc21)OCP(=O)([O-])OCCCSCCCCCCCCCCCCc1ccccc1. The Kier molecular flexibility index (Phi) is 15.8. The van der Waals surface area contributed by atoms with E-state index in [-0.39, 0.29) is 12.7 Å². The third-order valence-electron chi connectivity index (χ3n) is 6.97. The maximum Gasteiger partial charge on any atom is 0.165 e. The third-order valence-corrected chi connectivity index (χ3v) is 9.16. The monoisotopic (exact) mass is 604 g/mol. The average molecular weight is 605 g/mol. The van der Waals surface area contributed by atoms with Crippen molar-refractivity contribution in [2.75, 3.05) is 30.2 Å². The first-order valence-electron chi connectivity index (χ1n) is 15.0. The molecule has 3 aromatic rings. The molecule has 3 rings (SSSR count). The van der Waals surface area contributed by atoms with Crippen molar-refractivity contribution < 1.29 is 18.7 Å². The lowest BCUT2D eigenvalue weighted by atomic mass is 10.0. The van der Waals surface area contributed by atoms with Crippen molar-refractivity contribution in [2.24, 2.45) is 0 Å². The molecular weight excluding hydrogens is 557 g/mol. The molecule has 0 bridgehead atoms. The van der Waals surface area contributed by atoms with Crippen LogP contribution < -0.4 is 10.6 Å². The number of imidazole rings is 1. The van der Waals surface area contributed by atoms with Crippen LogP contribution in [0.1, 0.15) is 83.1 Å². The fourth-order valence-electron chi connectivity index (χ4n) is 4.68. The van der Waals surface area contributed by atoms with E-state index < -0.39 is 13.9 Å². The molecule has 41 heavy (non-hydrogen) atoms. The molecule has 1 unspecified atom stereocenters. The summed E-state index contributed by atoms with van der Waals surface area (Å²) in [5.41, 5.74) is 8.37. The number of fused-ring (bicyclic) bond motifs is 1. The molecule has 228 valence electrons. The van der Waals surface area contributed by atoms with Crippen molar-refractivity contribution in [1.82, 2.24) is 19.5 Å². The van der Waals surface area contributed by atoms with Gasteiger partial charge in [0.2, 0.25) is 0 Å². The number of ether oxygens (including phenoxy) is 1. The lowest BCUT2D eigenvalue weighted by molar-refractivity contribution is -0.205. The van der Waals surface area contributed by atoms with Crippen LogP contribution in [0.2, 0.25) is 0 Å². The van der Waals surface area contributed by atoms with E-state index in [0.29, 0.717) is 29.9 Å². The van der Waals surface area contributed by atoms with Crippen LogP contribution in [0, 0.1) is 0 Å². The first kappa shape index (κ1) is 33.5. The molecule has 0 saturated heterocycles. The minimum absolute atomic E-state index is 0.195. The fourth-order valence-corrected chi connectivity index (χ4v) is 6.53. The zero-order chi connectivity index (χ0) is 29.2. The quantitative estimate of drug-likeness (QED) is 0.0939. The number of aromatic nitrogens is 4.